The Labute approximate surface area is 204 Å². The largest absolute Gasteiger partial charge is 0.383 e. The Bertz CT molecular complexity index is 1350. The van der Waals surface area contributed by atoms with Gasteiger partial charge in [-0.1, -0.05) is 24.3 Å². The molecular formula is C26H28N6O3. The minimum absolute atomic E-state index is 0.0282. The Morgan fingerprint density at radius 1 is 1.00 bits per heavy atom. The molecule has 9 nitrogen and oxygen atoms in total. The van der Waals surface area contributed by atoms with E-state index in [1.807, 2.05) is 42.6 Å². The van der Waals surface area contributed by atoms with Crippen molar-refractivity contribution in [1.82, 2.24) is 29.5 Å². The van der Waals surface area contributed by atoms with Gasteiger partial charge in [0.15, 0.2) is 0 Å². The van der Waals surface area contributed by atoms with E-state index in [1.54, 1.807) is 56.4 Å². The predicted octanol–water partition coefficient (Wildman–Crippen LogP) is 2.97. The fraction of sp³-hybridized carbons (Fsp3) is 0.269. The van der Waals surface area contributed by atoms with Crippen LogP contribution in [0.3, 0.4) is 0 Å². The molecule has 0 saturated carbocycles. The van der Waals surface area contributed by atoms with Crippen LogP contribution in [0.4, 0.5) is 0 Å². The van der Waals surface area contributed by atoms with Crippen molar-refractivity contribution in [2.45, 2.75) is 6.54 Å². The highest BCUT2D eigenvalue weighted by molar-refractivity contribution is 6.03. The highest BCUT2D eigenvalue weighted by Gasteiger charge is 2.19. The van der Waals surface area contributed by atoms with Gasteiger partial charge >= 0.3 is 0 Å². The number of methoxy groups -OCH3 is 1. The Morgan fingerprint density at radius 2 is 1.74 bits per heavy atom. The van der Waals surface area contributed by atoms with E-state index in [2.05, 4.69) is 10.1 Å². The number of hydrogen-bond acceptors (Lipinski definition) is 6. The van der Waals surface area contributed by atoms with Gasteiger partial charge in [0.2, 0.25) is 5.91 Å². The maximum absolute atomic E-state index is 13.3. The molecular weight excluding hydrogens is 444 g/mol. The Morgan fingerprint density at radius 3 is 2.46 bits per heavy atom. The molecule has 180 valence electrons. The summed E-state index contributed by atoms with van der Waals surface area (Å²) in [7, 11) is 6.80. The molecule has 9 heteroatoms. The number of fused-ring (bicyclic) bond motifs is 1. The van der Waals surface area contributed by atoms with E-state index in [0.29, 0.717) is 24.4 Å². The molecule has 0 aliphatic heterocycles. The van der Waals surface area contributed by atoms with E-state index in [1.165, 1.54) is 4.90 Å². The van der Waals surface area contributed by atoms with Gasteiger partial charge < -0.3 is 14.5 Å². The average molecular weight is 473 g/mol. The van der Waals surface area contributed by atoms with Crippen molar-refractivity contribution in [3.63, 3.8) is 0 Å². The topological polar surface area (TPSA) is 93.5 Å². The molecule has 4 rings (SSSR count). The number of ether oxygens (including phenoxy) is 1. The van der Waals surface area contributed by atoms with Gasteiger partial charge in [0.05, 0.1) is 35.8 Å². The number of carbonyl (C=O) groups excluding carboxylic acids is 2. The molecule has 4 aromatic rings. The molecule has 0 aliphatic rings. The number of hydrogen-bond donors (Lipinski definition) is 0. The maximum atomic E-state index is 13.3. The molecule has 35 heavy (non-hydrogen) atoms. The van der Waals surface area contributed by atoms with E-state index >= 15 is 0 Å². The van der Waals surface area contributed by atoms with Crippen LogP contribution in [0.5, 0.6) is 0 Å². The number of rotatable bonds is 8. The van der Waals surface area contributed by atoms with Gasteiger partial charge in [0.1, 0.15) is 6.54 Å². The number of amides is 2. The third-order valence-electron chi connectivity index (χ3n) is 5.75. The van der Waals surface area contributed by atoms with Gasteiger partial charge in [-0.3, -0.25) is 19.3 Å². The van der Waals surface area contributed by atoms with Crippen LogP contribution in [0, 0.1) is 0 Å². The summed E-state index contributed by atoms with van der Waals surface area (Å²) in [6.07, 6.45) is 6.96. The Balaban J connectivity index is 1.67. The summed E-state index contributed by atoms with van der Waals surface area (Å²) in [5.41, 5.74) is 4.50. The zero-order valence-corrected chi connectivity index (χ0v) is 20.3. The van der Waals surface area contributed by atoms with Crippen molar-refractivity contribution in [2.24, 2.45) is 0 Å². The molecule has 0 fully saturated rings. The van der Waals surface area contributed by atoms with Crippen LogP contribution in [-0.2, 0) is 16.1 Å². The molecule has 0 spiro atoms. The number of nitrogens with zero attached hydrogens (tertiary/aromatic N) is 6. The van der Waals surface area contributed by atoms with Gasteiger partial charge in [-0.25, -0.2) is 4.98 Å². The van der Waals surface area contributed by atoms with Crippen LogP contribution in [0.25, 0.3) is 33.3 Å². The van der Waals surface area contributed by atoms with Crippen molar-refractivity contribution in [3.8, 4) is 22.4 Å². The van der Waals surface area contributed by atoms with E-state index in [4.69, 9.17) is 9.72 Å². The van der Waals surface area contributed by atoms with Crippen LogP contribution in [-0.4, -0.2) is 82.8 Å². The molecule has 0 unspecified atom stereocenters. The van der Waals surface area contributed by atoms with Crippen LogP contribution in [0.2, 0.25) is 0 Å². The summed E-state index contributed by atoms with van der Waals surface area (Å²) < 4.78 is 6.75. The summed E-state index contributed by atoms with van der Waals surface area (Å²) in [6.45, 7) is 1.11. The summed E-state index contributed by atoms with van der Waals surface area (Å²) >= 11 is 0. The highest BCUT2D eigenvalue weighted by Crippen LogP contribution is 2.29. The van der Waals surface area contributed by atoms with Crippen molar-refractivity contribution >= 4 is 22.7 Å². The molecule has 2 amide bonds. The van der Waals surface area contributed by atoms with Crippen LogP contribution < -0.4 is 0 Å². The van der Waals surface area contributed by atoms with Gasteiger partial charge in [-0.15, -0.1) is 0 Å². The molecule has 0 aliphatic carbocycles. The molecule has 0 saturated heterocycles. The number of likely N-dealkylation sites (N-methyl/N-ethyl adjacent to an activating group) is 2. The lowest BCUT2D eigenvalue weighted by Gasteiger charge is -2.19. The van der Waals surface area contributed by atoms with Crippen LogP contribution in [0.1, 0.15) is 10.4 Å². The smallest absolute Gasteiger partial charge is 0.255 e. The predicted molar refractivity (Wildman–Crippen MR) is 134 cm³/mol. The van der Waals surface area contributed by atoms with Crippen LogP contribution in [0.15, 0.2) is 61.2 Å². The standard InChI is InChI=1S/C26H28N6O3/c1-30(2)24(33)17-32-16-21(14-28-32)18-5-7-19(8-6-18)25-22(26(34)31(3)11-12-35-4)13-20-9-10-27-15-23(20)29-25/h5-10,13-16H,11-12,17H2,1-4H3. The summed E-state index contributed by atoms with van der Waals surface area (Å²) in [5, 5.41) is 5.15. The van der Waals surface area contributed by atoms with Gasteiger partial charge in [-0.2, -0.15) is 5.10 Å². The second-order valence-corrected chi connectivity index (χ2v) is 8.46. The lowest BCUT2D eigenvalue weighted by molar-refractivity contribution is -0.129. The molecule has 0 N–H and O–H groups in total. The first kappa shape index (κ1) is 24.0. The highest BCUT2D eigenvalue weighted by atomic mass is 16.5. The first-order chi connectivity index (χ1) is 16.9. The van der Waals surface area contributed by atoms with Crippen molar-refractivity contribution in [2.75, 3.05) is 41.4 Å². The third-order valence-corrected chi connectivity index (χ3v) is 5.75. The molecule has 0 bridgehead atoms. The lowest BCUT2D eigenvalue weighted by Crippen LogP contribution is -2.30. The normalized spacial score (nSPS) is 11.0. The van der Waals surface area contributed by atoms with E-state index in [9.17, 15) is 9.59 Å². The van der Waals surface area contributed by atoms with E-state index in [0.717, 1.165) is 27.6 Å². The number of aromatic nitrogens is 4. The van der Waals surface area contributed by atoms with Crippen molar-refractivity contribution < 1.29 is 14.3 Å². The fourth-order valence-corrected chi connectivity index (χ4v) is 3.64. The van der Waals surface area contributed by atoms with Gasteiger partial charge in [0, 0.05) is 63.7 Å². The second kappa shape index (κ2) is 10.4. The lowest BCUT2D eigenvalue weighted by atomic mass is 10.0. The monoisotopic (exact) mass is 472 g/mol. The van der Waals surface area contributed by atoms with Gasteiger partial charge in [0.25, 0.3) is 5.91 Å². The molecule has 0 atom stereocenters. The third kappa shape index (κ3) is 5.36. The summed E-state index contributed by atoms with van der Waals surface area (Å²) in [5.74, 6) is -0.154. The first-order valence-electron chi connectivity index (χ1n) is 11.2. The number of pyridine rings is 2. The van der Waals surface area contributed by atoms with Crippen LogP contribution >= 0.6 is 0 Å². The molecule has 3 heterocycles. The number of carbonyl (C=O) groups is 2. The van der Waals surface area contributed by atoms with Gasteiger partial charge in [-0.05, 0) is 17.7 Å². The minimum Gasteiger partial charge on any atom is -0.383 e. The SMILES string of the molecule is COCCN(C)C(=O)c1cc2ccncc2nc1-c1ccc(-c2cnn(CC(=O)N(C)C)c2)cc1. The van der Waals surface area contributed by atoms with Crippen molar-refractivity contribution in [1.29, 1.82) is 0 Å². The first-order valence-corrected chi connectivity index (χ1v) is 11.2. The Kier molecular flexibility index (Phi) is 7.17. The fourth-order valence-electron chi connectivity index (χ4n) is 3.64. The number of benzene rings is 1. The zero-order valence-electron chi connectivity index (χ0n) is 20.3. The Hall–Kier alpha value is -4.11. The second-order valence-electron chi connectivity index (χ2n) is 8.46. The summed E-state index contributed by atoms with van der Waals surface area (Å²) in [4.78, 5) is 37.4. The van der Waals surface area contributed by atoms with E-state index < -0.39 is 0 Å². The average Bonchev–Trinajstić information content (AvgIpc) is 3.34. The van der Waals surface area contributed by atoms with E-state index in [-0.39, 0.29) is 18.4 Å². The van der Waals surface area contributed by atoms with Crippen molar-refractivity contribution in [3.05, 3.63) is 66.7 Å². The zero-order chi connectivity index (χ0) is 24.9. The quantitative estimate of drug-likeness (QED) is 0.391. The minimum atomic E-state index is -0.126. The molecule has 0 radical (unpaired) electrons. The molecule has 3 aromatic heterocycles. The summed E-state index contributed by atoms with van der Waals surface area (Å²) in [6, 6.07) is 11.5. The maximum Gasteiger partial charge on any atom is 0.255 e. The molecule has 1 aromatic carbocycles.